The molecule has 4 nitrogen and oxygen atoms in total. The van der Waals surface area contributed by atoms with Crippen LogP contribution in [0.25, 0.3) is 0 Å². The van der Waals surface area contributed by atoms with Crippen LogP contribution in [0.1, 0.15) is 31.0 Å². The molecule has 1 rings (SSSR count). The van der Waals surface area contributed by atoms with E-state index < -0.39 is 0 Å². The zero-order valence-electron chi connectivity index (χ0n) is 9.82. The van der Waals surface area contributed by atoms with Crippen molar-refractivity contribution in [3.63, 3.8) is 0 Å². The van der Waals surface area contributed by atoms with E-state index in [-0.39, 0.29) is 6.10 Å². The third-order valence-electron chi connectivity index (χ3n) is 2.41. The number of rotatable bonds is 6. The van der Waals surface area contributed by atoms with Crippen LogP contribution in [0, 0.1) is 6.92 Å². The topological polar surface area (TPSA) is 50.1 Å². The van der Waals surface area contributed by atoms with Crippen molar-refractivity contribution in [3.8, 4) is 0 Å². The number of hydrogen-bond donors (Lipinski definition) is 2. The van der Waals surface area contributed by atoms with Gasteiger partial charge in [-0.05, 0) is 33.2 Å². The molecule has 0 bridgehead atoms. The van der Waals surface area contributed by atoms with Crippen molar-refractivity contribution in [2.24, 2.45) is 7.05 Å². The summed E-state index contributed by atoms with van der Waals surface area (Å²) in [6.07, 6.45) is 3.72. The van der Waals surface area contributed by atoms with Gasteiger partial charge in [-0.25, -0.2) is 0 Å². The minimum atomic E-state index is -0.188. The summed E-state index contributed by atoms with van der Waals surface area (Å²) < 4.78 is 1.84. The maximum atomic E-state index is 9.08. The van der Waals surface area contributed by atoms with E-state index in [1.807, 2.05) is 31.8 Å². The highest BCUT2D eigenvalue weighted by Crippen LogP contribution is 2.03. The van der Waals surface area contributed by atoms with Crippen LogP contribution in [0.15, 0.2) is 6.20 Å². The SMILES string of the molecule is Cc1nn(C)cc1CNCCCC(C)O. The van der Waals surface area contributed by atoms with Gasteiger partial charge in [-0.15, -0.1) is 0 Å². The summed E-state index contributed by atoms with van der Waals surface area (Å²) in [5.74, 6) is 0. The Labute approximate surface area is 91.3 Å². The monoisotopic (exact) mass is 211 g/mol. The Hall–Kier alpha value is -0.870. The highest BCUT2D eigenvalue weighted by Gasteiger charge is 2.01. The maximum Gasteiger partial charge on any atom is 0.0638 e. The number of aliphatic hydroxyl groups excluding tert-OH is 1. The van der Waals surface area contributed by atoms with Crippen LogP contribution in [0.3, 0.4) is 0 Å². The third-order valence-corrected chi connectivity index (χ3v) is 2.41. The van der Waals surface area contributed by atoms with Gasteiger partial charge in [-0.1, -0.05) is 0 Å². The molecule has 0 radical (unpaired) electrons. The largest absolute Gasteiger partial charge is 0.393 e. The standard InChI is InChI=1S/C11H21N3O/c1-9(15)5-4-6-12-7-11-8-14(3)13-10(11)2/h8-9,12,15H,4-7H2,1-3H3. The summed E-state index contributed by atoms with van der Waals surface area (Å²) in [6.45, 7) is 5.65. The van der Waals surface area contributed by atoms with E-state index in [4.69, 9.17) is 5.11 Å². The summed E-state index contributed by atoms with van der Waals surface area (Å²) in [7, 11) is 1.93. The molecule has 0 amide bonds. The molecule has 0 aliphatic carbocycles. The molecule has 1 unspecified atom stereocenters. The average molecular weight is 211 g/mol. The van der Waals surface area contributed by atoms with Crippen molar-refractivity contribution in [2.75, 3.05) is 6.54 Å². The highest BCUT2D eigenvalue weighted by molar-refractivity contribution is 5.14. The van der Waals surface area contributed by atoms with Crippen LogP contribution in [0.5, 0.6) is 0 Å². The Morgan fingerprint density at radius 3 is 2.87 bits per heavy atom. The molecule has 0 fully saturated rings. The predicted octanol–water partition coefficient (Wildman–Crippen LogP) is 0.979. The fourth-order valence-corrected chi connectivity index (χ4v) is 1.57. The van der Waals surface area contributed by atoms with Crippen molar-refractivity contribution in [1.82, 2.24) is 15.1 Å². The Bertz CT molecular complexity index is 294. The molecule has 1 aromatic heterocycles. The molecule has 0 saturated heterocycles. The van der Waals surface area contributed by atoms with Gasteiger partial charge in [0.15, 0.2) is 0 Å². The van der Waals surface area contributed by atoms with Gasteiger partial charge in [-0.3, -0.25) is 4.68 Å². The van der Waals surface area contributed by atoms with Crippen LogP contribution < -0.4 is 5.32 Å². The molecule has 4 heteroatoms. The van der Waals surface area contributed by atoms with E-state index in [1.165, 1.54) is 5.56 Å². The summed E-state index contributed by atoms with van der Waals surface area (Å²) in [5.41, 5.74) is 2.33. The zero-order chi connectivity index (χ0) is 11.3. The molecule has 1 heterocycles. The summed E-state index contributed by atoms with van der Waals surface area (Å²) in [4.78, 5) is 0. The maximum absolute atomic E-state index is 9.08. The Kier molecular flexibility index (Phi) is 4.78. The highest BCUT2D eigenvalue weighted by atomic mass is 16.3. The lowest BCUT2D eigenvalue weighted by molar-refractivity contribution is 0.181. The molecule has 0 spiro atoms. The molecule has 0 aliphatic heterocycles. The van der Waals surface area contributed by atoms with Crippen LogP contribution in [0.4, 0.5) is 0 Å². The van der Waals surface area contributed by atoms with Crippen LogP contribution in [0.2, 0.25) is 0 Å². The second-order valence-corrected chi connectivity index (χ2v) is 4.08. The predicted molar refractivity (Wildman–Crippen MR) is 60.6 cm³/mol. The Balaban J connectivity index is 2.17. The van der Waals surface area contributed by atoms with Crippen molar-refractivity contribution in [2.45, 2.75) is 39.3 Å². The number of hydrogen-bond acceptors (Lipinski definition) is 3. The van der Waals surface area contributed by atoms with E-state index in [0.29, 0.717) is 0 Å². The average Bonchev–Trinajstić information content (AvgIpc) is 2.44. The van der Waals surface area contributed by atoms with E-state index in [2.05, 4.69) is 10.4 Å². The number of aliphatic hydroxyl groups is 1. The van der Waals surface area contributed by atoms with E-state index in [9.17, 15) is 0 Å². The van der Waals surface area contributed by atoms with Gasteiger partial charge in [0.2, 0.25) is 0 Å². The Morgan fingerprint density at radius 1 is 1.60 bits per heavy atom. The summed E-state index contributed by atoms with van der Waals surface area (Å²) in [6, 6.07) is 0. The van der Waals surface area contributed by atoms with Gasteiger partial charge in [0, 0.05) is 25.4 Å². The number of nitrogens with zero attached hydrogens (tertiary/aromatic N) is 2. The van der Waals surface area contributed by atoms with E-state index >= 15 is 0 Å². The molecule has 0 aliphatic rings. The first kappa shape index (κ1) is 12.2. The second-order valence-electron chi connectivity index (χ2n) is 4.08. The van der Waals surface area contributed by atoms with Crippen molar-refractivity contribution in [1.29, 1.82) is 0 Å². The van der Waals surface area contributed by atoms with Crippen molar-refractivity contribution >= 4 is 0 Å². The molecule has 0 saturated carbocycles. The number of nitrogens with one attached hydrogen (secondary N) is 1. The summed E-state index contributed by atoms with van der Waals surface area (Å²) >= 11 is 0. The quantitative estimate of drug-likeness (QED) is 0.690. The lowest BCUT2D eigenvalue weighted by Crippen LogP contribution is -2.16. The molecule has 2 N–H and O–H groups in total. The first-order valence-electron chi connectivity index (χ1n) is 5.47. The molecule has 1 aromatic rings. The lowest BCUT2D eigenvalue weighted by atomic mass is 10.2. The molecule has 86 valence electrons. The van der Waals surface area contributed by atoms with E-state index in [1.54, 1.807) is 0 Å². The van der Waals surface area contributed by atoms with Gasteiger partial charge in [0.25, 0.3) is 0 Å². The van der Waals surface area contributed by atoms with Crippen LogP contribution >= 0.6 is 0 Å². The second kappa shape index (κ2) is 5.88. The minimum absolute atomic E-state index is 0.188. The van der Waals surface area contributed by atoms with Gasteiger partial charge >= 0.3 is 0 Å². The molecule has 1 atom stereocenters. The minimum Gasteiger partial charge on any atom is -0.393 e. The zero-order valence-corrected chi connectivity index (χ0v) is 9.82. The van der Waals surface area contributed by atoms with Gasteiger partial charge in [0.1, 0.15) is 0 Å². The van der Waals surface area contributed by atoms with Crippen molar-refractivity contribution in [3.05, 3.63) is 17.5 Å². The van der Waals surface area contributed by atoms with Crippen molar-refractivity contribution < 1.29 is 5.11 Å². The van der Waals surface area contributed by atoms with Gasteiger partial charge < -0.3 is 10.4 Å². The smallest absolute Gasteiger partial charge is 0.0638 e. The summed E-state index contributed by atoms with van der Waals surface area (Å²) in [5, 5.41) is 16.7. The Morgan fingerprint density at radius 2 is 2.33 bits per heavy atom. The van der Waals surface area contributed by atoms with E-state index in [0.717, 1.165) is 31.6 Å². The molecule has 15 heavy (non-hydrogen) atoms. The van der Waals surface area contributed by atoms with Gasteiger partial charge in [0.05, 0.1) is 11.8 Å². The number of aromatic nitrogens is 2. The third kappa shape index (κ3) is 4.44. The fourth-order valence-electron chi connectivity index (χ4n) is 1.57. The lowest BCUT2D eigenvalue weighted by Gasteiger charge is -2.05. The first-order chi connectivity index (χ1) is 7.09. The molecular weight excluding hydrogens is 190 g/mol. The first-order valence-corrected chi connectivity index (χ1v) is 5.47. The normalized spacial score (nSPS) is 13.1. The van der Waals surface area contributed by atoms with Gasteiger partial charge in [-0.2, -0.15) is 5.10 Å². The van der Waals surface area contributed by atoms with Crippen LogP contribution in [-0.4, -0.2) is 27.5 Å². The molecule has 0 aromatic carbocycles. The fraction of sp³-hybridized carbons (Fsp3) is 0.727. The molecular formula is C11H21N3O. The number of aryl methyl sites for hydroxylation is 2. The van der Waals surface area contributed by atoms with Crippen LogP contribution in [-0.2, 0) is 13.6 Å².